The second-order valence-corrected chi connectivity index (χ2v) is 10.5. The van der Waals surface area contributed by atoms with E-state index >= 15 is 0 Å². The van der Waals surface area contributed by atoms with Gasteiger partial charge in [-0.15, -0.1) is 0 Å². The van der Waals surface area contributed by atoms with Crippen molar-refractivity contribution in [2.75, 3.05) is 12.4 Å². The zero-order valence-corrected chi connectivity index (χ0v) is 19.6. The maximum Gasteiger partial charge on any atom is 0.414 e. The van der Waals surface area contributed by atoms with Crippen LogP contribution in [0, 0.1) is 5.41 Å². The van der Waals surface area contributed by atoms with Crippen molar-refractivity contribution in [1.82, 2.24) is 15.2 Å². The topological polar surface area (TPSA) is 94.6 Å². The summed E-state index contributed by atoms with van der Waals surface area (Å²) in [6.45, 7) is 0. The highest BCUT2D eigenvalue weighted by Gasteiger charge is 2.73. The number of anilines is 1. The molecule has 1 aromatic carbocycles. The molecule has 11 heteroatoms. The molecule has 3 saturated carbocycles. The zero-order valence-electron chi connectivity index (χ0n) is 18.8. The number of carbonyl (C=O) groups is 2. The summed E-state index contributed by atoms with van der Waals surface area (Å²) in [5.41, 5.74) is 1.02. The Morgan fingerprint density at radius 3 is 2.46 bits per heavy atom. The summed E-state index contributed by atoms with van der Waals surface area (Å²) in [5, 5.41) is 15.3. The predicted molar refractivity (Wildman–Crippen MR) is 122 cm³/mol. The number of nitrogens with zero attached hydrogens (tertiary/aromatic N) is 2. The molecule has 186 valence electrons. The fourth-order valence-corrected chi connectivity index (χ4v) is 6.22. The molecule has 1 aromatic heterocycles. The Bertz CT molecular complexity index is 1170. The number of halogens is 4. The average Bonchev–Trinajstić information content (AvgIpc) is 3.10. The largest absolute Gasteiger partial charge is 0.465 e. The number of rotatable bonds is 6. The summed E-state index contributed by atoms with van der Waals surface area (Å²) in [7, 11) is 1.13. The number of hydrogen-bond acceptors (Lipinski definition) is 4. The third-order valence-electron chi connectivity index (χ3n) is 7.41. The number of nitrogens with one attached hydrogen (secondary N) is 2. The second kappa shape index (κ2) is 8.01. The summed E-state index contributed by atoms with van der Waals surface area (Å²) in [6, 6.07) is 6.46. The fourth-order valence-electron chi connectivity index (χ4n) is 6.03. The van der Waals surface area contributed by atoms with E-state index in [1.54, 1.807) is 6.07 Å². The third-order valence-corrected chi connectivity index (χ3v) is 7.65. The number of fused-ring (bicyclic) bond motifs is 1. The molecule has 4 aliphatic rings. The lowest BCUT2D eigenvalue weighted by Gasteiger charge is -2.69. The van der Waals surface area contributed by atoms with Crippen LogP contribution in [-0.2, 0) is 17.6 Å². The quantitative estimate of drug-likeness (QED) is 0.531. The molecular weight excluding hydrogens is 485 g/mol. The Hall–Kier alpha value is -3.01. The van der Waals surface area contributed by atoms with E-state index in [2.05, 4.69) is 15.6 Å². The number of benzene rings is 1. The lowest BCUT2D eigenvalue weighted by Crippen LogP contribution is -2.78. The molecule has 0 aliphatic heterocycles. The van der Waals surface area contributed by atoms with Crippen molar-refractivity contribution in [2.45, 2.75) is 55.9 Å². The summed E-state index contributed by atoms with van der Waals surface area (Å²) >= 11 is 6.06. The molecule has 0 spiro atoms. The van der Waals surface area contributed by atoms with E-state index in [4.69, 9.17) is 16.7 Å². The molecule has 2 aromatic rings. The molecular formula is C24H24ClF3N4O3. The van der Waals surface area contributed by atoms with Crippen LogP contribution in [0.25, 0.3) is 0 Å². The molecule has 2 bridgehead atoms. The van der Waals surface area contributed by atoms with Crippen molar-refractivity contribution in [2.24, 2.45) is 5.41 Å². The number of carbonyl (C=O) groups excluding carboxylic acids is 1. The van der Waals surface area contributed by atoms with Gasteiger partial charge in [-0.25, -0.2) is 4.79 Å². The molecule has 2 amide bonds. The maximum atomic E-state index is 14.0. The Labute approximate surface area is 204 Å². The van der Waals surface area contributed by atoms with Gasteiger partial charge in [0.05, 0.1) is 23.0 Å². The second-order valence-electron chi connectivity index (χ2n) is 10.0. The van der Waals surface area contributed by atoms with Crippen LogP contribution in [0.2, 0.25) is 5.02 Å². The third kappa shape index (κ3) is 4.17. The highest BCUT2D eigenvalue weighted by atomic mass is 35.5. The highest BCUT2D eigenvalue weighted by molar-refractivity contribution is 6.30. The molecule has 4 aliphatic carbocycles. The summed E-state index contributed by atoms with van der Waals surface area (Å²) in [5.74, 6) is -0.639. The summed E-state index contributed by atoms with van der Waals surface area (Å²) in [4.78, 5) is 28.7. The molecule has 2 atom stereocenters. The molecule has 35 heavy (non-hydrogen) atoms. The van der Waals surface area contributed by atoms with E-state index in [-0.39, 0.29) is 31.0 Å². The van der Waals surface area contributed by atoms with Gasteiger partial charge in [0.1, 0.15) is 0 Å². The number of pyridine rings is 1. The lowest BCUT2D eigenvalue weighted by molar-refractivity contribution is -0.214. The smallest absolute Gasteiger partial charge is 0.414 e. The Kier molecular flexibility index (Phi) is 5.43. The van der Waals surface area contributed by atoms with Gasteiger partial charge < -0.3 is 20.6 Å². The van der Waals surface area contributed by atoms with Crippen molar-refractivity contribution in [3.63, 3.8) is 0 Å². The van der Waals surface area contributed by atoms with Gasteiger partial charge in [0.2, 0.25) is 5.91 Å². The number of carboxylic acid groups (broad SMARTS) is 1. The molecule has 7 nitrogen and oxygen atoms in total. The molecule has 6 rings (SSSR count). The first kappa shape index (κ1) is 23.7. The zero-order chi connectivity index (χ0) is 25.2. The van der Waals surface area contributed by atoms with Crippen molar-refractivity contribution in [3.8, 4) is 0 Å². The minimum Gasteiger partial charge on any atom is -0.465 e. The number of amides is 2. The normalized spacial score (nSPS) is 27.2. The van der Waals surface area contributed by atoms with Crippen LogP contribution in [0.3, 0.4) is 0 Å². The van der Waals surface area contributed by atoms with Crippen molar-refractivity contribution >= 4 is 29.3 Å². The van der Waals surface area contributed by atoms with Gasteiger partial charge in [0.15, 0.2) is 6.04 Å². The van der Waals surface area contributed by atoms with E-state index in [1.807, 2.05) is 18.2 Å². The Morgan fingerprint density at radius 2 is 1.86 bits per heavy atom. The fraction of sp³-hybridized carbons (Fsp3) is 0.458. The first-order chi connectivity index (χ1) is 16.4. The Balaban J connectivity index is 1.26. The molecule has 0 radical (unpaired) electrons. The van der Waals surface area contributed by atoms with Crippen LogP contribution in [0.1, 0.15) is 42.1 Å². The van der Waals surface area contributed by atoms with Crippen LogP contribution >= 0.6 is 11.6 Å². The first-order valence-electron chi connectivity index (χ1n) is 11.2. The lowest BCUT2D eigenvalue weighted by atomic mass is 9.39. The van der Waals surface area contributed by atoms with E-state index < -0.39 is 35.2 Å². The standard InChI is InChI=1S/C24H24ClF3N4O3/c1-32(20(33)22-10-23(11-22,12-22)31-21(34)35)19(24(26,27)28)18-5-4-16(9-29-18)30-17-7-13-2-3-15(25)6-14(13)8-17/h2-6,9,17,19,30-31H,7-8,10-12H2,1H3,(H,34,35)/t17-,19?,22?,23?/m0/s1. The monoisotopic (exact) mass is 508 g/mol. The Morgan fingerprint density at radius 1 is 1.17 bits per heavy atom. The molecule has 3 fully saturated rings. The van der Waals surface area contributed by atoms with Gasteiger partial charge in [-0.1, -0.05) is 17.7 Å². The first-order valence-corrected chi connectivity index (χ1v) is 11.6. The SMILES string of the molecule is CN(C(=O)C12CC(NC(=O)O)(C1)C2)C(c1ccc(N[C@H]2Cc3ccc(Cl)cc3C2)cn1)C(F)(F)F. The van der Waals surface area contributed by atoms with Crippen LogP contribution in [0.4, 0.5) is 23.7 Å². The maximum absolute atomic E-state index is 14.0. The van der Waals surface area contributed by atoms with E-state index in [0.717, 1.165) is 25.5 Å². The van der Waals surface area contributed by atoms with Gasteiger partial charge >= 0.3 is 12.3 Å². The van der Waals surface area contributed by atoms with E-state index in [0.29, 0.717) is 15.6 Å². The van der Waals surface area contributed by atoms with E-state index in [1.165, 1.54) is 17.8 Å². The number of alkyl halides is 3. The van der Waals surface area contributed by atoms with E-state index in [9.17, 15) is 22.8 Å². The van der Waals surface area contributed by atoms with Crippen LogP contribution in [-0.4, -0.2) is 51.8 Å². The molecule has 1 unspecified atom stereocenters. The molecule has 3 N–H and O–H groups in total. The summed E-state index contributed by atoms with van der Waals surface area (Å²) in [6.07, 6.45) is -2.40. The van der Waals surface area contributed by atoms with Crippen LogP contribution < -0.4 is 10.6 Å². The van der Waals surface area contributed by atoms with Crippen molar-refractivity contribution in [1.29, 1.82) is 0 Å². The number of aromatic nitrogens is 1. The van der Waals surface area contributed by atoms with Crippen LogP contribution in [0.5, 0.6) is 0 Å². The van der Waals surface area contributed by atoms with Gasteiger partial charge in [0.25, 0.3) is 0 Å². The van der Waals surface area contributed by atoms with Crippen molar-refractivity contribution in [3.05, 3.63) is 58.4 Å². The highest BCUT2D eigenvalue weighted by Crippen LogP contribution is 2.68. The van der Waals surface area contributed by atoms with Gasteiger partial charge in [0, 0.05) is 23.7 Å². The van der Waals surface area contributed by atoms with Gasteiger partial charge in [-0.2, -0.15) is 13.2 Å². The predicted octanol–water partition coefficient (Wildman–Crippen LogP) is 4.57. The molecule has 0 saturated heterocycles. The molecule has 1 heterocycles. The van der Waals surface area contributed by atoms with Crippen LogP contribution in [0.15, 0.2) is 36.5 Å². The van der Waals surface area contributed by atoms with Gasteiger partial charge in [-0.3, -0.25) is 9.78 Å². The average molecular weight is 509 g/mol. The summed E-state index contributed by atoms with van der Waals surface area (Å²) < 4.78 is 42.1. The minimum absolute atomic E-state index is 0.0785. The number of hydrogen-bond donors (Lipinski definition) is 3. The minimum atomic E-state index is -4.72. The van der Waals surface area contributed by atoms with Gasteiger partial charge in [-0.05, 0) is 67.5 Å². The van der Waals surface area contributed by atoms with Crippen molar-refractivity contribution < 1.29 is 27.9 Å².